The lowest BCUT2D eigenvalue weighted by Crippen LogP contribution is -1.93. The number of aromatic amines is 1. The van der Waals surface area contributed by atoms with Gasteiger partial charge in [0.2, 0.25) is 5.13 Å². The molecule has 0 aliphatic rings. The lowest BCUT2D eigenvalue weighted by atomic mass is 10.2. The monoisotopic (exact) mass is 274 g/mol. The predicted octanol–water partition coefficient (Wildman–Crippen LogP) is 3.80. The molecular formula is C12H10N4S2. The maximum absolute atomic E-state index is 5.01. The minimum Gasteiger partial charge on any atom is -0.328 e. The molecule has 0 aliphatic carbocycles. The van der Waals surface area contributed by atoms with Crippen LogP contribution in [0.25, 0.3) is 10.9 Å². The Kier molecular flexibility index (Phi) is 2.81. The van der Waals surface area contributed by atoms with Gasteiger partial charge in [-0.05, 0) is 31.3 Å². The van der Waals surface area contributed by atoms with Crippen LogP contribution in [0.1, 0.15) is 5.69 Å². The fourth-order valence-corrected chi connectivity index (χ4v) is 2.55. The van der Waals surface area contributed by atoms with E-state index in [-0.39, 0.29) is 0 Å². The molecule has 3 aromatic rings. The van der Waals surface area contributed by atoms with Gasteiger partial charge in [-0.2, -0.15) is 0 Å². The number of aromatic nitrogens is 3. The number of aryl methyl sites for hydroxylation is 1. The molecule has 0 fully saturated rings. The molecule has 1 aromatic carbocycles. The van der Waals surface area contributed by atoms with Crippen molar-refractivity contribution in [3.8, 4) is 0 Å². The summed E-state index contributed by atoms with van der Waals surface area (Å²) in [5.74, 6) is 0. The number of rotatable bonds is 2. The van der Waals surface area contributed by atoms with Crippen LogP contribution in [-0.2, 0) is 0 Å². The predicted molar refractivity (Wildman–Crippen MR) is 77.1 cm³/mol. The third kappa shape index (κ3) is 2.12. The first-order valence-electron chi connectivity index (χ1n) is 5.41. The van der Waals surface area contributed by atoms with Crippen LogP contribution in [0.5, 0.6) is 0 Å². The minimum atomic E-state index is 0.655. The summed E-state index contributed by atoms with van der Waals surface area (Å²) in [5, 5.41) is 11.9. The van der Waals surface area contributed by atoms with Crippen molar-refractivity contribution in [3.05, 3.63) is 40.0 Å². The maximum Gasteiger partial charge on any atom is 0.208 e. The molecule has 0 atom stereocenters. The number of hydrogen-bond acceptors (Lipinski definition) is 5. The van der Waals surface area contributed by atoms with E-state index in [2.05, 4.69) is 26.6 Å². The Morgan fingerprint density at radius 3 is 2.94 bits per heavy atom. The van der Waals surface area contributed by atoms with Gasteiger partial charge in [0.25, 0.3) is 0 Å². The number of H-pyrrole nitrogens is 1. The normalized spacial score (nSPS) is 10.7. The molecule has 0 radical (unpaired) electrons. The molecule has 2 N–H and O–H groups in total. The Labute approximate surface area is 113 Å². The Morgan fingerprint density at radius 2 is 2.17 bits per heavy atom. The number of hydrogen-bond donors (Lipinski definition) is 2. The van der Waals surface area contributed by atoms with Crippen molar-refractivity contribution in [2.24, 2.45) is 0 Å². The van der Waals surface area contributed by atoms with E-state index < -0.39 is 0 Å². The Hall–Kier alpha value is -1.79. The van der Waals surface area contributed by atoms with Crippen LogP contribution in [0, 0.1) is 10.9 Å². The molecule has 4 nitrogen and oxygen atoms in total. The SMILES string of the molecule is Cc1ccc2cccc(Nc3n[nH]c(=S)s3)c2n1. The van der Waals surface area contributed by atoms with Gasteiger partial charge in [-0.25, -0.2) is 0 Å². The molecule has 0 saturated heterocycles. The van der Waals surface area contributed by atoms with Crippen molar-refractivity contribution >= 4 is 45.3 Å². The van der Waals surface area contributed by atoms with Crippen molar-refractivity contribution in [1.82, 2.24) is 15.2 Å². The highest BCUT2D eigenvalue weighted by atomic mass is 32.1. The van der Waals surface area contributed by atoms with Crippen molar-refractivity contribution < 1.29 is 0 Å². The average Bonchev–Trinajstić information content (AvgIpc) is 2.76. The minimum absolute atomic E-state index is 0.655. The molecule has 0 amide bonds. The molecule has 2 heterocycles. The quantitative estimate of drug-likeness (QED) is 0.698. The first kappa shape index (κ1) is 11.3. The molecule has 3 rings (SSSR count). The molecule has 0 unspecified atom stereocenters. The van der Waals surface area contributed by atoms with Gasteiger partial charge in [0.1, 0.15) is 0 Å². The van der Waals surface area contributed by atoms with Gasteiger partial charge in [0.05, 0.1) is 11.2 Å². The Balaban J connectivity index is 2.11. The third-order valence-electron chi connectivity index (χ3n) is 2.54. The van der Waals surface area contributed by atoms with Crippen LogP contribution in [0.4, 0.5) is 10.8 Å². The van der Waals surface area contributed by atoms with Crippen LogP contribution in [0.2, 0.25) is 0 Å². The van der Waals surface area contributed by atoms with E-state index in [0.29, 0.717) is 3.95 Å². The number of para-hydroxylation sites is 1. The van der Waals surface area contributed by atoms with Crippen LogP contribution in [0.15, 0.2) is 30.3 Å². The lowest BCUT2D eigenvalue weighted by molar-refractivity contribution is 1.08. The molecule has 0 bridgehead atoms. The van der Waals surface area contributed by atoms with Crippen molar-refractivity contribution in [3.63, 3.8) is 0 Å². The molecule has 2 aromatic heterocycles. The van der Waals surface area contributed by atoms with Crippen molar-refractivity contribution in [2.75, 3.05) is 5.32 Å². The molecule has 0 spiro atoms. The average molecular weight is 274 g/mol. The van der Waals surface area contributed by atoms with E-state index in [1.54, 1.807) is 0 Å². The van der Waals surface area contributed by atoms with Gasteiger partial charge in [0, 0.05) is 11.1 Å². The van der Waals surface area contributed by atoms with E-state index in [9.17, 15) is 0 Å². The highest BCUT2D eigenvalue weighted by Gasteiger charge is 2.04. The zero-order valence-electron chi connectivity index (χ0n) is 9.60. The zero-order valence-corrected chi connectivity index (χ0v) is 11.2. The van der Waals surface area contributed by atoms with Gasteiger partial charge >= 0.3 is 0 Å². The van der Waals surface area contributed by atoms with Crippen molar-refractivity contribution in [2.45, 2.75) is 6.92 Å². The van der Waals surface area contributed by atoms with E-state index in [1.807, 2.05) is 31.2 Å². The summed E-state index contributed by atoms with van der Waals surface area (Å²) in [5.41, 5.74) is 2.87. The Morgan fingerprint density at radius 1 is 1.28 bits per heavy atom. The van der Waals surface area contributed by atoms with Gasteiger partial charge < -0.3 is 5.32 Å². The summed E-state index contributed by atoms with van der Waals surface area (Å²) in [6.07, 6.45) is 0. The standard InChI is InChI=1S/C12H10N4S2/c1-7-5-6-8-3-2-4-9(10(8)13-7)14-11-15-16-12(17)18-11/h2-6H,1H3,(H,14,15)(H,16,17). The molecule has 6 heteroatoms. The Bertz CT molecular complexity index is 760. The number of anilines is 2. The summed E-state index contributed by atoms with van der Waals surface area (Å²) in [6, 6.07) is 10.1. The van der Waals surface area contributed by atoms with Gasteiger partial charge in [0.15, 0.2) is 3.95 Å². The van der Waals surface area contributed by atoms with Crippen molar-refractivity contribution in [1.29, 1.82) is 0 Å². The van der Waals surface area contributed by atoms with E-state index >= 15 is 0 Å². The maximum atomic E-state index is 5.01. The lowest BCUT2D eigenvalue weighted by Gasteiger charge is -2.06. The summed E-state index contributed by atoms with van der Waals surface area (Å²) >= 11 is 6.42. The number of nitrogens with zero attached hydrogens (tertiary/aromatic N) is 2. The van der Waals surface area contributed by atoms with Gasteiger partial charge in [-0.3, -0.25) is 10.1 Å². The van der Waals surface area contributed by atoms with E-state index in [4.69, 9.17) is 12.2 Å². The number of fused-ring (bicyclic) bond motifs is 1. The smallest absolute Gasteiger partial charge is 0.208 e. The van der Waals surface area contributed by atoms with Crippen LogP contribution >= 0.6 is 23.6 Å². The molecular weight excluding hydrogens is 264 g/mol. The van der Waals surface area contributed by atoms with E-state index in [0.717, 1.165) is 27.4 Å². The van der Waals surface area contributed by atoms with Gasteiger partial charge in [-0.15, -0.1) is 5.10 Å². The molecule has 0 aliphatic heterocycles. The highest BCUT2D eigenvalue weighted by Crippen LogP contribution is 2.25. The fraction of sp³-hybridized carbons (Fsp3) is 0.0833. The molecule has 90 valence electrons. The van der Waals surface area contributed by atoms with Crippen LogP contribution < -0.4 is 5.32 Å². The van der Waals surface area contributed by atoms with E-state index in [1.165, 1.54) is 11.3 Å². The second-order valence-electron chi connectivity index (χ2n) is 3.87. The third-order valence-corrected chi connectivity index (χ3v) is 3.54. The summed E-state index contributed by atoms with van der Waals surface area (Å²) in [6.45, 7) is 1.98. The zero-order chi connectivity index (χ0) is 12.5. The summed E-state index contributed by atoms with van der Waals surface area (Å²) < 4.78 is 0.655. The molecule has 0 saturated carbocycles. The number of nitrogens with one attached hydrogen (secondary N) is 2. The first-order valence-corrected chi connectivity index (χ1v) is 6.64. The molecule has 18 heavy (non-hydrogen) atoms. The van der Waals surface area contributed by atoms with Crippen LogP contribution in [0.3, 0.4) is 0 Å². The largest absolute Gasteiger partial charge is 0.328 e. The second kappa shape index (κ2) is 4.47. The summed E-state index contributed by atoms with van der Waals surface area (Å²) in [7, 11) is 0. The first-order chi connectivity index (χ1) is 8.72. The van der Waals surface area contributed by atoms with Gasteiger partial charge in [-0.1, -0.05) is 29.5 Å². The number of pyridine rings is 1. The topological polar surface area (TPSA) is 53.6 Å². The fourth-order valence-electron chi connectivity index (χ4n) is 1.74. The van der Waals surface area contributed by atoms with Crippen LogP contribution in [-0.4, -0.2) is 15.2 Å². The number of benzene rings is 1. The highest BCUT2D eigenvalue weighted by molar-refractivity contribution is 7.73. The summed E-state index contributed by atoms with van der Waals surface area (Å²) in [4.78, 5) is 4.56. The second-order valence-corrected chi connectivity index (χ2v) is 5.54.